The van der Waals surface area contributed by atoms with Gasteiger partial charge in [0.15, 0.2) is 5.78 Å². The topological polar surface area (TPSA) is 54.4 Å². The minimum absolute atomic E-state index is 0.0139. The molecule has 0 fully saturated rings. The number of carbonyl (C=O) groups is 2. The number of hydrogen-bond acceptors (Lipinski definition) is 2. The molecule has 1 rings (SSSR count). The van der Waals surface area contributed by atoms with E-state index in [-0.39, 0.29) is 18.6 Å². The summed E-state index contributed by atoms with van der Waals surface area (Å²) in [5.41, 5.74) is 0.419. The molecular formula is C11H10Cl2O3. The van der Waals surface area contributed by atoms with E-state index in [0.29, 0.717) is 22.0 Å². The fourth-order valence-corrected chi connectivity index (χ4v) is 1.79. The van der Waals surface area contributed by atoms with E-state index >= 15 is 0 Å². The van der Waals surface area contributed by atoms with Crippen LogP contribution in [0.3, 0.4) is 0 Å². The molecule has 0 aromatic heterocycles. The highest BCUT2D eigenvalue weighted by atomic mass is 35.5. The van der Waals surface area contributed by atoms with E-state index in [2.05, 4.69) is 0 Å². The highest BCUT2D eigenvalue weighted by Gasteiger charge is 2.08. The first-order chi connectivity index (χ1) is 7.49. The summed E-state index contributed by atoms with van der Waals surface area (Å²) in [5, 5.41) is 9.23. The van der Waals surface area contributed by atoms with E-state index in [1.165, 1.54) is 18.2 Å². The molecule has 0 spiro atoms. The highest BCUT2D eigenvalue weighted by molar-refractivity contribution is 6.35. The van der Waals surface area contributed by atoms with Gasteiger partial charge in [-0.2, -0.15) is 0 Å². The second-order valence-corrected chi connectivity index (χ2v) is 4.20. The molecule has 0 saturated heterocycles. The average molecular weight is 261 g/mol. The lowest BCUT2D eigenvalue weighted by Gasteiger charge is -2.01. The Morgan fingerprint density at radius 1 is 1.06 bits per heavy atom. The monoisotopic (exact) mass is 260 g/mol. The predicted molar refractivity (Wildman–Crippen MR) is 62.3 cm³/mol. The third-order valence-corrected chi connectivity index (χ3v) is 2.42. The Kier molecular flexibility index (Phi) is 4.77. The molecule has 0 radical (unpaired) electrons. The number of Topliss-reactive ketones (excluding diaryl/α,β-unsaturated/α-hetero) is 1. The van der Waals surface area contributed by atoms with Crippen molar-refractivity contribution in [2.24, 2.45) is 0 Å². The normalized spacial score (nSPS) is 10.1. The first kappa shape index (κ1) is 13.0. The molecule has 0 bridgehead atoms. The number of aliphatic carboxylic acids is 1. The van der Waals surface area contributed by atoms with Crippen molar-refractivity contribution in [1.29, 1.82) is 0 Å². The molecule has 1 aromatic carbocycles. The summed E-state index contributed by atoms with van der Waals surface area (Å²) in [5.74, 6) is -1.05. The lowest BCUT2D eigenvalue weighted by Crippen LogP contribution is -2.01. The molecule has 86 valence electrons. The van der Waals surface area contributed by atoms with Crippen LogP contribution in [0, 0.1) is 0 Å². The number of carbonyl (C=O) groups excluding carboxylic acids is 1. The maximum atomic E-state index is 11.6. The van der Waals surface area contributed by atoms with Gasteiger partial charge in [-0.3, -0.25) is 9.59 Å². The quantitative estimate of drug-likeness (QED) is 0.826. The second-order valence-electron chi connectivity index (χ2n) is 3.33. The molecule has 0 saturated carbocycles. The number of carboxylic acids is 1. The molecule has 0 atom stereocenters. The van der Waals surface area contributed by atoms with Crippen LogP contribution < -0.4 is 0 Å². The van der Waals surface area contributed by atoms with Crippen LogP contribution in [0.2, 0.25) is 10.0 Å². The van der Waals surface area contributed by atoms with Crippen LogP contribution >= 0.6 is 23.2 Å². The largest absolute Gasteiger partial charge is 0.481 e. The molecule has 16 heavy (non-hydrogen) atoms. The molecule has 0 unspecified atom stereocenters. The maximum absolute atomic E-state index is 11.6. The molecule has 1 N–H and O–H groups in total. The number of rotatable bonds is 5. The zero-order chi connectivity index (χ0) is 12.1. The fraction of sp³-hybridized carbons (Fsp3) is 0.273. The summed E-state index contributed by atoms with van der Waals surface area (Å²) >= 11 is 11.5. The molecular weight excluding hydrogens is 251 g/mol. The number of carboxylic acid groups (broad SMARTS) is 1. The van der Waals surface area contributed by atoms with Gasteiger partial charge in [-0.25, -0.2) is 0 Å². The zero-order valence-corrected chi connectivity index (χ0v) is 9.88. The summed E-state index contributed by atoms with van der Waals surface area (Å²) in [6.07, 6.45) is 0.487. The van der Waals surface area contributed by atoms with E-state index in [1.54, 1.807) is 0 Å². The summed E-state index contributed by atoms with van der Waals surface area (Å²) in [6, 6.07) is 4.59. The van der Waals surface area contributed by atoms with Crippen LogP contribution in [0.4, 0.5) is 0 Å². The first-order valence-corrected chi connectivity index (χ1v) is 5.45. The average Bonchev–Trinajstić information content (AvgIpc) is 2.15. The predicted octanol–water partition coefficient (Wildman–Crippen LogP) is 3.43. The van der Waals surface area contributed by atoms with Crippen molar-refractivity contribution in [3.63, 3.8) is 0 Å². The summed E-state index contributed by atoms with van der Waals surface area (Å²) in [6.45, 7) is 0. The van der Waals surface area contributed by atoms with Crippen LogP contribution in [0.5, 0.6) is 0 Å². The molecule has 3 nitrogen and oxygen atoms in total. The van der Waals surface area contributed by atoms with E-state index < -0.39 is 5.97 Å². The summed E-state index contributed by atoms with van der Waals surface area (Å²) < 4.78 is 0. The van der Waals surface area contributed by atoms with Gasteiger partial charge >= 0.3 is 5.97 Å². The molecule has 0 amide bonds. The number of halogens is 2. The van der Waals surface area contributed by atoms with Gasteiger partial charge in [0.1, 0.15) is 0 Å². The van der Waals surface area contributed by atoms with E-state index in [1.807, 2.05) is 0 Å². The maximum Gasteiger partial charge on any atom is 0.303 e. The molecule has 5 heteroatoms. The van der Waals surface area contributed by atoms with Gasteiger partial charge in [-0.15, -0.1) is 0 Å². The highest BCUT2D eigenvalue weighted by Crippen LogP contribution is 2.20. The summed E-state index contributed by atoms with van der Waals surface area (Å²) in [7, 11) is 0. The zero-order valence-electron chi connectivity index (χ0n) is 8.37. The van der Waals surface area contributed by atoms with Gasteiger partial charge in [-0.05, 0) is 24.6 Å². The lowest BCUT2D eigenvalue weighted by atomic mass is 10.1. The Labute approximate surface area is 103 Å². The minimum atomic E-state index is -0.906. The Morgan fingerprint density at radius 2 is 1.62 bits per heavy atom. The van der Waals surface area contributed by atoms with Crippen molar-refractivity contribution in [1.82, 2.24) is 0 Å². The van der Waals surface area contributed by atoms with Gasteiger partial charge < -0.3 is 5.11 Å². The molecule has 0 heterocycles. The molecule has 0 aliphatic rings. The second kappa shape index (κ2) is 5.87. The van der Waals surface area contributed by atoms with Crippen LogP contribution in [-0.4, -0.2) is 16.9 Å². The molecule has 1 aromatic rings. The van der Waals surface area contributed by atoms with Gasteiger partial charge in [0.05, 0.1) is 0 Å². The molecule has 0 aliphatic heterocycles. The SMILES string of the molecule is O=C(O)CCCC(=O)c1cc(Cl)cc(Cl)c1. The smallest absolute Gasteiger partial charge is 0.303 e. The van der Waals surface area contributed by atoms with Crippen LogP contribution in [-0.2, 0) is 4.79 Å². The lowest BCUT2D eigenvalue weighted by molar-refractivity contribution is -0.137. The summed E-state index contributed by atoms with van der Waals surface area (Å²) in [4.78, 5) is 21.9. The van der Waals surface area contributed by atoms with Crippen molar-refractivity contribution >= 4 is 35.0 Å². The third kappa shape index (κ3) is 4.21. The number of hydrogen-bond donors (Lipinski definition) is 1. The van der Waals surface area contributed by atoms with Gasteiger partial charge in [0.2, 0.25) is 0 Å². The number of ketones is 1. The fourth-order valence-electron chi connectivity index (χ4n) is 1.26. The van der Waals surface area contributed by atoms with Gasteiger partial charge in [0, 0.05) is 28.5 Å². The Morgan fingerprint density at radius 3 is 2.12 bits per heavy atom. The van der Waals surface area contributed by atoms with Crippen molar-refractivity contribution in [2.75, 3.05) is 0 Å². The van der Waals surface area contributed by atoms with Crippen molar-refractivity contribution in [3.05, 3.63) is 33.8 Å². The minimum Gasteiger partial charge on any atom is -0.481 e. The number of benzene rings is 1. The van der Waals surface area contributed by atoms with Crippen molar-refractivity contribution < 1.29 is 14.7 Å². The van der Waals surface area contributed by atoms with Crippen molar-refractivity contribution in [3.8, 4) is 0 Å². The Hall–Kier alpha value is -1.06. The Balaban J connectivity index is 2.62. The standard InChI is InChI=1S/C11H10Cl2O3/c12-8-4-7(5-9(13)6-8)10(14)2-1-3-11(15)16/h4-6H,1-3H2,(H,15,16). The van der Waals surface area contributed by atoms with Gasteiger partial charge in [-0.1, -0.05) is 23.2 Å². The third-order valence-electron chi connectivity index (χ3n) is 1.98. The Bertz CT molecular complexity index is 395. The van der Waals surface area contributed by atoms with E-state index in [9.17, 15) is 9.59 Å². The van der Waals surface area contributed by atoms with Crippen molar-refractivity contribution in [2.45, 2.75) is 19.3 Å². The van der Waals surface area contributed by atoms with Crippen LogP contribution in [0.15, 0.2) is 18.2 Å². The van der Waals surface area contributed by atoms with Crippen LogP contribution in [0.1, 0.15) is 29.6 Å². The molecule has 0 aliphatic carbocycles. The van der Waals surface area contributed by atoms with Gasteiger partial charge in [0.25, 0.3) is 0 Å². The van der Waals surface area contributed by atoms with E-state index in [4.69, 9.17) is 28.3 Å². The first-order valence-electron chi connectivity index (χ1n) is 4.70. The van der Waals surface area contributed by atoms with E-state index in [0.717, 1.165) is 0 Å². The van der Waals surface area contributed by atoms with Crippen LogP contribution in [0.25, 0.3) is 0 Å².